The van der Waals surface area contributed by atoms with Gasteiger partial charge in [0, 0.05) is 49.2 Å². The second-order valence-corrected chi connectivity index (χ2v) is 9.31. The van der Waals surface area contributed by atoms with E-state index >= 15 is 0 Å². The lowest BCUT2D eigenvalue weighted by Crippen LogP contribution is -2.39. The molecule has 0 bridgehead atoms. The highest BCUT2D eigenvalue weighted by molar-refractivity contribution is 5.85. The fourth-order valence-electron chi connectivity index (χ4n) is 4.96. The van der Waals surface area contributed by atoms with Gasteiger partial charge in [-0.05, 0) is 68.8 Å². The molecule has 1 saturated heterocycles. The Labute approximate surface area is 192 Å². The van der Waals surface area contributed by atoms with Crippen molar-refractivity contribution in [3.05, 3.63) is 71.4 Å². The molecular formula is C28H37N3O. The molecule has 1 amide bonds. The Hall–Kier alpha value is -2.59. The number of hydrogen-bond donors (Lipinski definition) is 1. The lowest BCUT2D eigenvalue weighted by atomic mass is 10.0. The summed E-state index contributed by atoms with van der Waals surface area (Å²) in [6, 6.07) is 17.8. The molecule has 1 aliphatic rings. The van der Waals surface area contributed by atoms with Gasteiger partial charge in [-0.2, -0.15) is 0 Å². The van der Waals surface area contributed by atoms with E-state index in [0.29, 0.717) is 12.5 Å². The summed E-state index contributed by atoms with van der Waals surface area (Å²) >= 11 is 0. The molecule has 1 aliphatic heterocycles. The number of nitrogens with zero attached hydrogens (tertiary/aromatic N) is 2. The summed E-state index contributed by atoms with van der Waals surface area (Å²) in [5.41, 5.74) is 5.14. The van der Waals surface area contributed by atoms with Gasteiger partial charge in [-0.15, -0.1) is 0 Å². The van der Waals surface area contributed by atoms with Crippen LogP contribution in [0.4, 0.5) is 0 Å². The number of piperidine rings is 1. The maximum Gasteiger partial charge on any atom is 0.220 e. The van der Waals surface area contributed by atoms with Gasteiger partial charge in [-0.25, -0.2) is 0 Å². The van der Waals surface area contributed by atoms with Crippen molar-refractivity contribution in [1.82, 2.24) is 14.8 Å². The van der Waals surface area contributed by atoms with Crippen molar-refractivity contribution in [2.45, 2.75) is 65.0 Å². The Morgan fingerprint density at radius 3 is 2.72 bits per heavy atom. The van der Waals surface area contributed by atoms with Crippen molar-refractivity contribution < 1.29 is 4.79 Å². The number of amides is 1. The first kappa shape index (κ1) is 22.6. The van der Waals surface area contributed by atoms with E-state index in [-0.39, 0.29) is 5.91 Å². The molecule has 0 spiro atoms. The molecule has 4 heteroatoms. The number of fused-ring (bicyclic) bond motifs is 1. The first-order valence-electron chi connectivity index (χ1n) is 12.2. The molecule has 1 fully saturated rings. The molecular weight excluding hydrogens is 394 g/mol. The largest absolute Gasteiger partial charge is 0.356 e. The molecule has 0 unspecified atom stereocenters. The number of benzene rings is 2. The minimum absolute atomic E-state index is 0.160. The SMILES string of the molecule is Cc1ccccc1Cn1cc(CCC(=O)NCCCN2CCCC[C@H]2C)c2ccccc21. The summed E-state index contributed by atoms with van der Waals surface area (Å²) in [5, 5.41) is 4.39. The van der Waals surface area contributed by atoms with Crippen LogP contribution in [0.5, 0.6) is 0 Å². The van der Waals surface area contributed by atoms with E-state index in [1.807, 2.05) is 0 Å². The number of aromatic nitrogens is 1. The average molecular weight is 432 g/mol. The lowest BCUT2D eigenvalue weighted by molar-refractivity contribution is -0.121. The summed E-state index contributed by atoms with van der Waals surface area (Å²) in [6.07, 6.45) is 8.57. The molecule has 0 radical (unpaired) electrons. The van der Waals surface area contributed by atoms with Crippen LogP contribution in [0.2, 0.25) is 0 Å². The molecule has 4 rings (SSSR count). The highest BCUT2D eigenvalue weighted by Gasteiger charge is 2.17. The number of carbonyl (C=O) groups excluding carboxylic acids is 1. The van der Waals surface area contributed by atoms with E-state index in [1.165, 1.54) is 53.4 Å². The number of aryl methyl sites for hydroxylation is 2. The molecule has 4 nitrogen and oxygen atoms in total. The Morgan fingerprint density at radius 2 is 1.88 bits per heavy atom. The van der Waals surface area contributed by atoms with Gasteiger partial charge in [0.15, 0.2) is 0 Å². The van der Waals surface area contributed by atoms with Gasteiger partial charge in [0.1, 0.15) is 0 Å². The number of hydrogen-bond acceptors (Lipinski definition) is 2. The fourth-order valence-corrected chi connectivity index (χ4v) is 4.96. The first-order chi connectivity index (χ1) is 15.6. The van der Waals surface area contributed by atoms with E-state index in [4.69, 9.17) is 0 Å². The molecule has 32 heavy (non-hydrogen) atoms. The number of para-hydroxylation sites is 1. The number of likely N-dealkylation sites (tertiary alicyclic amines) is 1. The number of carbonyl (C=O) groups is 1. The first-order valence-corrected chi connectivity index (χ1v) is 12.2. The molecule has 0 saturated carbocycles. The van der Waals surface area contributed by atoms with E-state index in [2.05, 4.69) is 83.4 Å². The molecule has 3 aromatic rings. The standard InChI is InChI=1S/C28H37N3O/c1-22-10-3-4-12-24(22)20-31-21-25(26-13-5-6-14-27(26)31)15-16-28(32)29-17-9-19-30-18-8-7-11-23(30)2/h3-6,10,12-14,21,23H,7-9,11,15-20H2,1-2H3,(H,29,32)/t23-/m1/s1. The smallest absolute Gasteiger partial charge is 0.220 e. The average Bonchev–Trinajstić information content (AvgIpc) is 3.15. The third-order valence-electron chi connectivity index (χ3n) is 6.98. The molecule has 0 aliphatic carbocycles. The Balaban J connectivity index is 1.31. The summed E-state index contributed by atoms with van der Waals surface area (Å²) in [4.78, 5) is 15.0. The predicted molar refractivity (Wildman–Crippen MR) is 133 cm³/mol. The Bertz CT molecular complexity index is 1040. The van der Waals surface area contributed by atoms with Crippen LogP contribution in [0.3, 0.4) is 0 Å². The lowest BCUT2D eigenvalue weighted by Gasteiger charge is -2.33. The quantitative estimate of drug-likeness (QED) is 0.466. The maximum atomic E-state index is 12.5. The fraction of sp³-hybridized carbons (Fsp3) is 0.464. The van der Waals surface area contributed by atoms with Crippen LogP contribution in [0, 0.1) is 6.92 Å². The Morgan fingerprint density at radius 1 is 1.06 bits per heavy atom. The van der Waals surface area contributed by atoms with Gasteiger partial charge in [0.05, 0.1) is 0 Å². The van der Waals surface area contributed by atoms with Gasteiger partial charge in [-0.3, -0.25) is 4.79 Å². The van der Waals surface area contributed by atoms with Crippen molar-refractivity contribution in [3.8, 4) is 0 Å². The van der Waals surface area contributed by atoms with E-state index in [0.717, 1.165) is 32.5 Å². The molecule has 1 aromatic heterocycles. The third kappa shape index (κ3) is 5.60. The zero-order chi connectivity index (χ0) is 22.3. The van der Waals surface area contributed by atoms with Gasteiger partial charge in [0.2, 0.25) is 5.91 Å². The number of rotatable bonds is 9. The van der Waals surface area contributed by atoms with Gasteiger partial charge in [-0.1, -0.05) is 48.9 Å². The normalized spacial score (nSPS) is 17.0. The second-order valence-electron chi connectivity index (χ2n) is 9.31. The van der Waals surface area contributed by atoms with Crippen LogP contribution in [0.15, 0.2) is 54.7 Å². The molecule has 2 aromatic carbocycles. The van der Waals surface area contributed by atoms with Crippen LogP contribution in [-0.2, 0) is 17.8 Å². The van der Waals surface area contributed by atoms with Crippen molar-refractivity contribution in [2.75, 3.05) is 19.6 Å². The minimum atomic E-state index is 0.160. The van der Waals surface area contributed by atoms with E-state index < -0.39 is 0 Å². The van der Waals surface area contributed by atoms with Crippen molar-refractivity contribution in [3.63, 3.8) is 0 Å². The molecule has 1 atom stereocenters. The summed E-state index contributed by atoms with van der Waals surface area (Å²) < 4.78 is 2.32. The highest BCUT2D eigenvalue weighted by Crippen LogP contribution is 2.24. The van der Waals surface area contributed by atoms with Crippen LogP contribution < -0.4 is 5.32 Å². The zero-order valence-electron chi connectivity index (χ0n) is 19.6. The molecule has 2 heterocycles. The van der Waals surface area contributed by atoms with E-state index in [9.17, 15) is 4.79 Å². The van der Waals surface area contributed by atoms with Crippen molar-refractivity contribution in [1.29, 1.82) is 0 Å². The molecule has 1 N–H and O–H groups in total. The maximum absolute atomic E-state index is 12.5. The van der Waals surface area contributed by atoms with Crippen molar-refractivity contribution in [2.24, 2.45) is 0 Å². The van der Waals surface area contributed by atoms with Crippen LogP contribution in [-0.4, -0.2) is 41.1 Å². The van der Waals surface area contributed by atoms with Gasteiger partial charge < -0.3 is 14.8 Å². The summed E-state index contributed by atoms with van der Waals surface area (Å²) in [6.45, 7) is 8.42. The third-order valence-corrected chi connectivity index (χ3v) is 6.98. The van der Waals surface area contributed by atoms with Crippen LogP contribution in [0.25, 0.3) is 10.9 Å². The minimum Gasteiger partial charge on any atom is -0.356 e. The predicted octanol–water partition coefficient (Wildman–Crippen LogP) is 5.31. The van der Waals surface area contributed by atoms with Gasteiger partial charge in [0.25, 0.3) is 0 Å². The monoisotopic (exact) mass is 431 g/mol. The Kier molecular flexibility index (Phi) is 7.64. The highest BCUT2D eigenvalue weighted by atomic mass is 16.1. The van der Waals surface area contributed by atoms with Gasteiger partial charge >= 0.3 is 0 Å². The molecule has 170 valence electrons. The topological polar surface area (TPSA) is 37.3 Å². The van der Waals surface area contributed by atoms with Crippen LogP contribution in [0.1, 0.15) is 55.7 Å². The summed E-state index contributed by atoms with van der Waals surface area (Å²) in [5.74, 6) is 0.160. The zero-order valence-corrected chi connectivity index (χ0v) is 19.6. The second kappa shape index (κ2) is 10.8. The summed E-state index contributed by atoms with van der Waals surface area (Å²) in [7, 11) is 0. The van der Waals surface area contributed by atoms with Crippen molar-refractivity contribution >= 4 is 16.8 Å². The van der Waals surface area contributed by atoms with E-state index in [1.54, 1.807) is 0 Å². The number of nitrogens with one attached hydrogen (secondary N) is 1. The van der Waals surface area contributed by atoms with Crippen LogP contribution >= 0.6 is 0 Å².